The van der Waals surface area contributed by atoms with Gasteiger partial charge in [0.15, 0.2) is 11.5 Å². The van der Waals surface area contributed by atoms with E-state index < -0.39 is 0 Å². The molecule has 0 bridgehead atoms. The maximum atomic E-state index is 10.6. The van der Waals surface area contributed by atoms with Crippen LogP contribution in [-0.4, -0.2) is 43.3 Å². The first kappa shape index (κ1) is 15.1. The summed E-state index contributed by atoms with van der Waals surface area (Å²) >= 11 is 0. The van der Waals surface area contributed by atoms with Gasteiger partial charge in [-0.05, 0) is 24.8 Å². The van der Waals surface area contributed by atoms with Crippen molar-refractivity contribution < 1.29 is 9.84 Å². The Morgan fingerprint density at radius 1 is 1.36 bits per heavy atom. The van der Waals surface area contributed by atoms with Crippen molar-refractivity contribution in [2.75, 3.05) is 33.3 Å². The molecule has 2 N–H and O–H groups in total. The van der Waals surface area contributed by atoms with E-state index in [1.807, 2.05) is 6.07 Å². The summed E-state index contributed by atoms with van der Waals surface area (Å²) < 4.78 is 5.27. The molecular formula is C17H23N3O2. The molecule has 1 atom stereocenters. The molecule has 0 unspecified atom stereocenters. The quantitative estimate of drug-likeness (QED) is 0.890. The lowest BCUT2D eigenvalue weighted by Crippen LogP contribution is -2.47. The van der Waals surface area contributed by atoms with Gasteiger partial charge in [0.05, 0.1) is 18.7 Å². The monoisotopic (exact) mass is 301 g/mol. The molecule has 5 heteroatoms. The average Bonchev–Trinajstić information content (AvgIpc) is 2.52. The number of nitrogens with zero attached hydrogens (tertiary/aromatic N) is 2. The Morgan fingerprint density at radius 3 is 2.64 bits per heavy atom. The van der Waals surface area contributed by atoms with Gasteiger partial charge in [-0.3, -0.25) is 4.90 Å². The molecule has 1 aliphatic heterocycles. The van der Waals surface area contributed by atoms with Gasteiger partial charge in [0.25, 0.3) is 0 Å². The van der Waals surface area contributed by atoms with Crippen molar-refractivity contribution in [1.29, 1.82) is 5.26 Å². The maximum absolute atomic E-state index is 10.6. The number of phenols is 1. The van der Waals surface area contributed by atoms with Gasteiger partial charge in [-0.15, -0.1) is 0 Å². The first-order valence-electron chi connectivity index (χ1n) is 8.00. The van der Waals surface area contributed by atoms with Crippen LogP contribution in [0.5, 0.6) is 11.5 Å². The lowest BCUT2D eigenvalue weighted by atomic mass is 9.75. The van der Waals surface area contributed by atoms with E-state index in [0.29, 0.717) is 17.2 Å². The number of methoxy groups -OCH3 is 1. The molecule has 2 fully saturated rings. The minimum atomic E-state index is 0.179. The molecular weight excluding hydrogens is 278 g/mol. The zero-order valence-corrected chi connectivity index (χ0v) is 13.0. The highest BCUT2D eigenvalue weighted by molar-refractivity contribution is 5.53. The summed E-state index contributed by atoms with van der Waals surface area (Å²) in [6.45, 7) is 3.89. The van der Waals surface area contributed by atoms with Crippen molar-refractivity contribution >= 4 is 0 Å². The van der Waals surface area contributed by atoms with Crippen molar-refractivity contribution in [1.82, 2.24) is 10.2 Å². The molecule has 1 saturated heterocycles. The molecule has 5 nitrogen and oxygen atoms in total. The highest BCUT2D eigenvalue weighted by atomic mass is 16.5. The molecule has 1 aromatic rings. The van der Waals surface area contributed by atoms with Crippen LogP contribution in [0.3, 0.4) is 0 Å². The second-order valence-corrected chi connectivity index (χ2v) is 6.15. The highest BCUT2D eigenvalue weighted by Gasteiger charge is 2.35. The number of rotatable bonds is 4. The molecule has 0 spiro atoms. The largest absolute Gasteiger partial charge is 0.504 e. The summed E-state index contributed by atoms with van der Waals surface area (Å²) in [6, 6.07) is 5.80. The minimum absolute atomic E-state index is 0.179. The number of phenolic OH excluding ortho intramolecular Hbond substituents is 1. The third-order valence-electron chi connectivity index (χ3n) is 4.91. The van der Waals surface area contributed by atoms with E-state index in [9.17, 15) is 10.4 Å². The van der Waals surface area contributed by atoms with Gasteiger partial charge in [0.1, 0.15) is 0 Å². The average molecular weight is 301 g/mol. The van der Waals surface area contributed by atoms with Crippen molar-refractivity contribution in [3.63, 3.8) is 0 Å². The smallest absolute Gasteiger partial charge is 0.162 e. The fraction of sp³-hybridized carbons (Fsp3) is 0.588. The first-order chi connectivity index (χ1) is 10.7. The molecule has 1 saturated carbocycles. The van der Waals surface area contributed by atoms with Crippen LogP contribution in [0.4, 0.5) is 0 Å². The second-order valence-electron chi connectivity index (χ2n) is 6.15. The van der Waals surface area contributed by atoms with Crippen LogP contribution in [0.2, 0.25) is 0 Å². The van der Waals surface area contributed by atoms with Gasteiger partial charge < -0.3 is 15.2 Å². The Kier molecular flexibility index (Phi) is 4.51. The third kappa shape index (κ3) is 2.77. The van der Waals surface area contributed by atoms with Gasteiger partial charge in [-0.2, -0.15) is 5.26 Å². The molecule has 2 aliphatic rings. The van der Waals surface area contributed by atoms with Crippen LogP contribution in [0.15, 0.2) is 12.1 Å². The fourth-order valence-corrected chi connectivity index (χ4v) is 3.54. The Morgan fingerprint density at radius 2 is 2.09 bits per heavy atom. The molecule has 22 heavy (non-hydrogen) atoms. The van der Waals surface area contributed by atoms with Crippen LogP contribution < -0.4 is 10.1 Å². The fourth-order valence-electron chi connectivity index (χ4n) is 3.54. The van der Waals surface area contributed by atoms with Gasteiger partial charge in [-0.1, -0.05) is 6.42 Å². The number of hydrogen-bond donors (Lipinski definition) is 2. The Labute approximate surface area is 131 Å². The van der Waals surface area contributed by atoms with E-state index in [-0.39, 0.29) is 11.8 Å². The summed E-state index contributed by atoms with van der Waals surface area (Å²) in [6.07, 6.45) is 3.63. The summed E-state index contributed by atoms with van der Waals surface area (Å²) in [4.78, 5) is 2.44. The molecule has 1 aliphatic carbocycles. The van der Waals surface area contributed by atoms with E-state index in [4.69, 9.17) is 4.74 Å². The van der Waals surface area contributed by atoms with Crippen molar-refractivity contribution in [2.45, 2.75) is 25.3 Å². The SMILES string of the molecule is COc1cc(C#N)cc([C@H](C2CCC2)N2CCNCC2)c1O. The number of aromatic hydroxyl groups is 1. The van der Waals surface area contributed by atoms with Crippen LogP contribution in [0.25, 0.3) is 0 Å². The zero-order chi connectivity index (χ0) is 15.5. The lowest BCUT2D eigenvalue weighted by molar-refractivity contribution is 0.0816. The normalized spacial score (nSPS) is 20.9. The van der Waals surface area contributed by atoms with Gasteiger partial charge in [0.2, 0.25) is 0 Å². The van der Waals surface area contributed by atoms with E-state index in [0.717, 1.165) is 31.7 Å². The number of piperazine rings is 1. The van der Waals surface area contributed by atoms with Crippen LogP contribution in [0, 0.1) is 17.2 Å². The Hall–Kier alpha value is -1.77. The van der Waals surface area contributed by atoms with E-state index in [2.05, 4.69) is 16.3 Å². The van der Waals surface area contributed by atoms with Crippen LogP contribution in [0.1, 0.15) is 36.4 Å². The zero-order valence-electron chi connectivity index (χ0n) is 13.0. The van der Waals surface area contributed by atoms with Crippen molar-refractivity contribution in [3.05, 3.63) is 23.3 Å². The first-order valence-corrected chi connectivity index (χ1v) is 8.00. The van der Waals surface area contributed by atoms with Gasteiger partial charge >= 0.3 is 0 Å². The number of benzene rings is 1. The molecule has 0 radical (unpaired) electrons. The van der Waals surface area contributed by atoms with Crippen molar-refractivity contribution in [2.24, 2.45) is 5.92 Å². The minimum Gasteiger partial charge on any atom is -0.504 e. The molecule has 118 valence electrons. The topological polar surface area (TPSA) is 68.5 Å². The second kappa shape index (κ2) is 6.55. The summed E-state index contributed by atoms with van der Waals surface area (Å²) in [5, 5.41) is 23.2. The molecule has 1 heterocycles. The Balaban J connectivity index is 2.01. The van der Waals surface area contributed by atoms with E-state index in [1.165, 1.54) is 26.4 Å². The summed E-state index contributed by atoms with van der Waals surface area (Å²) in [5.74, 6) is 1.15. The number of ether oxygens (including phenoxy) is 1. The van der Waals surface area contributed by atoms with Crippen molar-refractivity contribution in [3.8, 4) is 17.6 Å². The molecule has 0 aromatic heterocycles. The standard InChI is InChI=1S/C17H23N3O2/c1-22-15-10-12(11-18)9-14(17(15)21)16(13-3-2-4-13)20-7-5-19-6-8-20/h9-10,13,16,19,21H,2-8H2,1H3/t16-/m0/s1. The van der Waals surface area contributed by atoms with Gasteiger partial charge in [-0.25, -0.2) is 0 Å². The predicted octanol–water partition coefficient (Wildman–Crippen LogP) is 2.02. The lowest BCUT2D eigenvalue weighted by Gasteiger charge is -2.43. The van der Waals surface area contributed by atoms with Crippen LogP contribution >= 0.6 is 0 Å². The Bertz CT molecular complexity index is 572. The molecule has 0 amide bonds. The summed E-state index contributed by atoms with van der Waals surface area (Å²) in [7, 11) is 1.53. The maximum Gasteiger partial charge on any atom is 0.162 e. The predicted molar refractivity (Wildman–Crippen MR) is 83.9 cm³/mol. The molecule has 3 rings (SSSR count). The molecule has 1 aromatic carbocycles. The van der Waals surface area contributed by atoms with E-state index in [1.54, 1.807) is 6.07 Å². The van der Waals surface area contributed by atoms with Crippen LogP contribution in [-0.2, 0) is 0 Å². The summed E-state index contributed by atoms with van der Waals surface area (Å²) in [5.41, 5.74) is 1.40. The number of hydrogen-bond acceptors (Lipinski definition) is 5. The van der Waals surface area contributed by atoms with E-state index >= 15 is 0 Å². The third-order valence-corrected chi connectivity index (χ3v) is 4.91. The number of nitrogens with one attached hydrogen (secondary N) is 1. The number of nitriles is 1. The highest BCUT2D eigenvalue weighted by Crippen LogP contribution is 2.46. The van der Waals surface area contributed by atoms with Gasteiger partial charge in [0, 0.05) is 43.9 Å².